The summed E-state index contributed by atoms with van der Waals surface area (Å²) in [7, 11) is 1.79. The van der Waals surface area contributed by atoms with Crippen molar-refractivity contribution in [2.75, 3.05) is 33.4 Å². The molecular formula is C13H26N2O. The van der Waals surface area contributed by atoms with Gasteiger partial charge in [0.15, 0.2) is 0 Å². The fourth-order valence-electron chi connectivity index (χ4n) is 3.19. The second-order valence-corrected chi connectivity index (χ2v) is 5.15. The van der Waals surface area contributed by atoms with E-state index in [4.69, 9.17) is 4.74 Å². The Kier molecular flexibility index (Phi) is 5.07. The molecule has 2 aliphatic rings. The van der Waals surface area contributed by atoms with Crippen LogP contribution in [0.4, 0.5) is 0 Å². The van der Waals surface area contributed by atoms with E-state index in [9.17, 15) is 0 Å². The van der Waals surface area contributed by atoms with Gasteiger partial charge in [0.2, 0.25) is 0 Å². The molecule has 3 nitrogen and oxygen atoms in total. The van der Waals surface area contributed by atoms with Gasteiger partial charge in [0.1, 0.15) is 0 Å². The van der Waals surface area contributed by atoms with E-state index in [0.29, 0.717) is 0 Å². The molecule has 2 rings (SSSR count). The first kappa shape index (κ1) is 12.3. The minimum atomic E-state index is 0.782. The van der Waals surface area contributed by atoms with Gasteiger partial charge in [-0.3, -0.25) is 4.90 Å². The van der Waals surface area contributed by atoms with Crippen molar-refractivity contribution in [2.45, 2.75) is 50.6 Å². The summed E-state index contributed by atoms with van der Waals surface area (Å²) in [5, 5.41) is 3.66. The highest BCUT2D eigenvalue weighted by Crippen LogP contribution is 2.24. The lowest BCUT2D eigenvalue weighted by molar-refractivity contribution is 0.174. The standard InChI is InChI=1S/C13H26N2O/c1-16-11-3-2-9-15-10-5-7-13(15)12-6-4-8-14-12/h12-14H,2-11H2,1H3. The molecule has 2 saturated heterocycles. The molecule has 0 spiro atoms. The van der Waals surface area contributed by atoms with Crippen molar-refractivity contribution < 1.29 is 4.74 Å². The van der Waals surface area contributed by atoms with Crippen LogP contribution < -0.4 is 5.32 Å². The normalized spacial score (nSPS) is 31.3. The van der Waals surface area contributed by atoms with Crippen LogP contribution in [0.5, 0.6) is 0 Å². The molecule has 94 valence electrons. The van der Waals surface area contributed by atoms with Gasteiger partial charge in [-0.1, -0.05) is 0 Å². The predicted octanol–water partition coefficient (Wildman–Crippen LogP) is 1.63. The summed E-state index contributed by atoms with van der Waals surface area (Å²) < 4.78 is 5.10. The number of ether oxygens (including phenoxy) is 1. The summed E-state index contributed by atoms with van der Waals surface area (Å²) in [6.07, 6.45) is 8.06. The molecule has 2 aliphatic heterocycles. The third-order valence-electron chi connectivity index (χ3n) is 4.02. The van der Waals surface area contributed by atoms with E-state index in [-0.39, 0.29) is 0 Å². The maximum absolute atomic E-state index is 5.10. The SMILES string of the molecule is COCCCCN1CCCC1C1CCCN1. The van der Waals surface area contributed by atoms with Gasteiger partial charge in [-0.05, 0) is 58.2 Å². The van der Waals surface area contributed by atoms with Gasteiger partial charge in [-0.15, -0.1) is 0 Å². The molecule has 0 aromatic rings. The van der Waals surface area contributed by atoms with E-state index in [1.54, 1.807) is 7.11 Å². The molecule has 0 radical (unpaired) electrons. The highest BCUT2D eigenvalue weighted by atomic mass is 16.5. The second-order valence-electron chi connectivity index (χ2n) is 5.15. The zero-order valence-corrected chi connectivity index (χ0v) is 10.6. The van der Waals surface area contributed by atoms with Gasteiger partial charge in [-0.2, -0.15) is 0 Å². The van der Waals surface area contributed by atoms with Crippen molar-refractivity contribution in [3.05, 3.63) is 0 Å². The molecule has 2 atom stereocenters. The quantitative estimate of drug-likeness (QED) is 0.697. The maximum atomic E-state index is 5.10. The van der Waals surface area contributed by atoms with E-state index >= 15 is 0 Å². The third-order valence-corrected chi connectivity index (χ3v) is 4.02. The number of rotatable bonds is 6. The molecule has 2 unspecified atom stereocenters. The largest absolute Gasteiger partial charge is 0.385 e. The smallest absolute Gasteiger partial charge is 0.0462 e. The van der Waals surface area contributed by atoms with E-state index in [1.165, 1.54) is 58.2 Å². The fourth-order valence-corrected chi connectivity index (χ4v) is 3.19. The van der Waals surface area contributed by atoms with Crippen molar-refractivity contribution in [3.63, 3.8) is 0 Å². The Morgan fingerprint density at radius 1 is 1.25 bits per heavy atom. The van der Waals surface area contributed by atoms with Gasteiger partial charge >= 0.3 is 0 Å². The highest BCUT2D eigenvalue weighted by Gasteiger charge is 2.32. The first-order valence-electron chi connectivity index (χ1n) is 6.88. The Bertz CT molecular complexity index is 192. The summed E-state index contributed by atoms with van der Waals surface area (Å²) in [4.78, 5) is 2.71. The van der Waals surface area contributed by atoms with Crippen LogP contribution in [0.2, 0.25) is 0 Å². The molecule has 2 fully saturated rings. The van der Waals surface area contributed by atoms with Crippen LogP contribution in [0, 0.1) is 0 Å². The van der Waals surface area contributed by atoms with Crippen LogP contribution in [0.15, 0.2) is 0 Å². The van der Waals surface area contributed by atoms with Crippen LogP contribution in [0.25, 0.3) is 0 Å². The lowest BCUT2D eigenvalue weighted by atomic mass is 10.0. The zero-order chi connectivity index (χ0) is 11.2. The van der Waals surface area contributed by atoms with Crippen molar-refractivity contribution >= 4 is 0 Å². The van der Waals surface area contributed by atoms with Crippen LogP contribution in [0.1, 0.15) is 38.5 Å². The lowest BCUT2D eigenvalue weighted by Gasteiger charge is -2.29. The molecule has 0 amide bonds. The molecule has 0 aromatic carbocycles. The number of unbranched alkanes of at least 4 members (excludes halogenated alkanes) is 1. The van der Waals surface area contributed by atoms with Crippen LogP contribution in [-0.4, -0.2) is 50.3 Å². The monoisotopic (exact) mass is 226 g/mol. The number of nitrogens with one attached hydrogen (secondary N) is 1. The molecule has 0 aromatic heterocycles. The average molecular weight is 226 g/mol. The first-order chi connectivity index (χ1) is 7.92. The zero-order valence-electron chi connectivity index (χ0n) is 10.6. The molecular weight excluding hydrogens is 200 g/mol. The van der Waals surface area contributed by atoms with Gasteiger partial charge in [0.05, 0.1) is 0 Å². The molecule has 0 saturated carbocycles. The van der Waals surface area contributed by atoms with Crippen LogP contribution >= 0.6 is 0 Å². The van der Waals surface area contributed by atoms with Crippen LogP contribution in [-0.2, 0) is 4.74 Å². The Hall–Kier alpha value is -0.120. The Morgan fingerprint density at radius 3 is 2.94 bits per heavy atom. The molecule has 16 heavy (non-hydrogen) atoms. The van der Waals surface area contributed by atoms with Gasteiger partial charge in [-0.25, -0.2) is 0 Å². The lowest BCUT2D eigenvalue weighted by Crippen LogP contribution is -2.44. The summed E-state index contributed by atoms with van der Waals surface area (Å²) in [5.74, 6) is 0. The highest BCUT2D eigenvalue weighted by molar-refractivity contribution is 4.91. The fraction of sp³-hybridized carbons (Fsp3) is 1.00. The number of nitrogens with zero attached hydrogens (tertiary/aromatic N) is 1. The average Bonchev–Trinajstić information content (AvgIpc) is 2.94. The molecule has 2 heterocycles. The van der Waals surface area contributed by atoms with E-state index in [1.807, 2.05) is 0 Å². The summed E-state index contributed by atoms with van der Waals surface area (Å²) in [6.45, 7) is 4.74. The molecule has 0 bridgehead atoms. The van der Waals surface area contributed by atoms with Crippen molar-refractivity contribution in [1.29, 1.82) is 0 Å². The first-order valence-corrected chi connectivity index (χ1v) is 6.88. The Labute approximate surface area is 99.5 Å². The number of hydrogen-bond acceptors (Lipinski definition) is 3. The minimum Gasteiger partial charge on any atom is -0.385 e. The van der Waals surface area contributed by atoms with Crippen molar-refractivity contribution in [3.8, 4) is 0 Å². The third kappa shape index (κ3) is 3.19. The minimum absolute atomic E-state index is 0.782. The van der Waals surface area contributed by atoms with Crippen molar-refractivity contribution in [1.82, 2.24) is 10.2 Å². The molecule has 1 N–H and O–H groups in total. The topological polar surface area (TPSA) is 24.5 Å². The predicted molar refractivity (Wildman–Crippen MR) is 66.7 cm³/mol. The number of hydrogen-bond donors (Lipinski definition) is 1. The second kappa shape index (κ2) is 6.58. The molecule has 0 aliphatic carbocycles. The number of methoxy groups -OCH3 is 1. The molecule has 3 heteroatoms. The van der Waals surface area contributed by atoms with Crippen molar-refractivity contribution in [2.24, 2.45) is 0 Å². The maximum Gasteiger partial charge on any atom is 0.0462 e. The van der Waals surface area contributed by atoms with Crippen LogP contribution in [0.3, 0.4) is 0 Å². The Balaban J connectivity index is 1.70. The summed E-state index contributed by atoms with van der Waals surface area (Å²) in [5.41, 5.74) is 0. The summed E-state index contributed by atoms with van der Waals surface area (Å²) in [6, 6.07) is 1.61. The van der Waals surface area contributed by atoms with E-state index < -0.39 is 0 Å². The van der Waals surface area contributed by atoms with Gasteiger partial charge in [0.25, 0.3) is 0 Å². The van der Waals surface area contributed by atoms with Gasteiger partial charge in [0, 0.05) is 25.8 Å². The van der Waals surface area contributed by atoms with Gasteiger partial charge < -0.3 is 10.1 Å². The van der Waals surface area contributed by atoms with E-state index in [2.05, 4.69) is 10.2 Å². The summed E-state index contributed by atoms with van der Waals surface area (Å²) >= 11 is 0. The van der Waals surface area contributed by atoms with E-state index in [0.717, 1.165) is 18.7 Å². The Morgan fingerprint density at radius 2 is 2.19 bits per heavy atom. The number of likely N-dealkylation sites (tertiary alicyclic amines) is 1.